The van der Waals surface area contributed by atoms with Gasteiger partial charge in [-0.25, -0.2) is 4.98 Å². The average molecular weight is 768 g/mol. The van der Waals surface area contributed by atoms with Gasteiger partial charge in [0.05, 0.1) is 37.0 Å². The van der Waals surface area contributed by atoms with Gasteiger partial charge in [0.1, 0.15) is 23.4 Å². The van der Waals surface area contributed by atoms with Crippen LogP contribution >= 0.6 is 23.2 Å². The Morgan fingerprint density at radius 3 is 2.25 bits per heavy atom. The Morgan fingerprint density at radius 2 is 1.62 bits per heavy atom. The first-order valence-corrected chi connectivity index (χ1v) is 17.9. The Labute approximate surface area is 321 Å². The number of carboxylic acid groups (broad SMARTS) is 1. The highest BCUT2D eigenvalue weighted by Crippen LogP contribution is 2.31. The van der Waals surface area contributed by atoms with Gasteiger partial charge in [-0.15, -0.1) is 0 Å². The maximum Gasteiger partial charge on any atom is 0.305 e. The Morgan fingerprint density at radius 1 is 0.962 bits per heavy atom. The maximum atomic E-state index is 13.6. The van der Waals surface area contributed by atoms with E-state index in [1.807, 2.05) is 57.7 Å². The summed E-state index contributed by atoms with van der Waals surface area (Å²) < 4.78 is 13.6. The topological polar surface area (TPSA) is 138 Å². The van der Waals surface area contributed by atoms with Gasteiger partial charge in [0, 0.05) is 55.0 Å². The Kier molecular flexibility index (Phi) is 14.8. The summed E-state index contributed by atoms with van der Waals surface area (Å²) in [4.78, 5) is 46.8. The molecule has 0 spiro atoms. The largest absolute Gasteiger partial charge is 0.481 e. The minimum Gasteiger partial charge on any atom is -0.481 e. The van der Waals surface area contributed by atoms with Gasteiger partial charge in [-0.1, -0.05) is 41.4 Å². The summed E-state index contributed by atoms with van der Waals surface area (Å²) in [6.07, 6.45) is 1.87. The summed E-state index contributed by atoms with van der Waals surface area (Å²) in [5.74, 6) is 0.129. The fourth-order valence-corrected chi connectivity index (χ4v) is 6.05. The van der Waals surface area contributed by atoms with Crippen LogP contribution in [0.2, 0.25) is 10.0 Å². The predicted molar refractivity (Wildman–Crippen MR) is 206 cm³/mol. The van der Waals surface area contributed by atoms with Crippen molar-refractivity contribution in [1.82, 2.24) is 30.0 Å². The van der Waals surface area contributed by atoms with E-state index in [-0.39, 0.29) is 32.0 Å². The molecular formula is C39H48Cl2N6O6. The molecule has 0 aliphatic carbocycles. The SMILES string of the molecule is COC[C@H](NC(=O)[C@H](C)NCc1ccc(Cl)cc1Oc1ccc(-c2cnc([C@@H](C)N(C)C)n2C)cc1)C(=O)N(C)[C@H](CC(=O)O)Cc1ccc(Cl)cc1. The molecule has 12 nitrogen and oxygen atoms in total. The zero-order valence-electron chi connectivity index (χ0n) is 31.1. The second kappa shape index (κ2) is 19.0. The summed E-state index contributed by atoms with van der Waals surface area (Å²) in [6.45, 7) is 3.94. The van der Waals surface area contributed by atoms with Crippen LogP contribution in [0.25, 0.3) is 11.3 Å². The van der Waals surface area contributed by atoms with E-state index in [1.165, 1.54) is 19.1 Å². The predicted octanol–water partition coefficient (Wildman–Crippen LogP) is 5.96. The van der Waals surface area contributed by atoms with Crippen molar-refractivity contribution in [3.8, 4) is 22.8 Å². The number of benzene rings is 3. The minimum absolute atomic E-state index is 0.104. The zero-order chi connectivity index (χ0) is 38.8. The molecule has 1 heterocycles. The van der Waals surface area contributed by atoms with E-state index in [9.17, 15) is 19.5 Å². The number of likely N-dealkylation sites (N-methyl/N-ethyl adjacent to an activating group) is 1. The lowest BCUT2D eigenvalue weighted by Gasteiger charge is -2.31. The second-order valence-corrected chi connectivity index (χ2v) is 14.1. The molecule has 0 bridgehead atoms. The average Bonchev–Trinajstić information content (AvgIpc) is 3.51. The van der Waals surface area contributed by atoms with E-state index in [1.54, 1.807) is 43.3 Å². The number of amides is 2. The van der Waals surface area contributed by atoms with E-state index in [4.69, 9.17) is 32.7 Å². The van der Waals surface area contributed by atoms with Crippen LogP contribution < -0.4 is 15.4 Å². The maximum absolute atomic E-state index is 13.6. The van der Waals surface area contributed by atoms with Crippen LogP contribution in [0.3, 0.4) is 0 Å². The number of hydrogen-bond donors (Lipinski definition) is 3. The van der Waals surface area contributed by atoms with Crippen molar-refractivity contribution in [2.45, 2.75) is 57.4 Å². The molecule has 4 aromatic rings. The number of carbonyl (C=O) groups excluding carboxylic acids is 2. The van der Waals surface area contributed by atoms with Crippen molar-refractivity contribution in [2.75, 3.05) is 34.9 Å². The molecule has 0 unspecified atom stereocenters. The summed E-state index contributed by atoms with van der Waals surface area (Å²) in [5.41, 5.74) is 3.56. The fourth-order valence-electron chi connectivity index (χ4n) is 5.76. The van der Waals surface area contributed by atoms with Gasteiger partial charge in [0.15, 0.2) is 0 Å². The van der Waals surface area contributed by atoms with E-state index in [0.29, 0.717) is 21.5 Å². The van der Waals surface area contributed by atoms with Gasteiger partial charge in [0.2, 0.25) is 11.8 Å². The normalized spacial score (nSPS) is 13.6. The van der Waals surface area contributed by atoms with Crippen LogP contribution in [0.5, 0.6) is 11.5 Å². The molecule has 4 rings (SSSR count). The van der Waals surface area contributed by atoms with Gasteiger partial charge in [-0.2, -0.15) is 0 Å². The number of imidazole rings is 1. The number of carbonyl (C=O) groups is 3. The van der Waals surface area contributed by atoms with Crippen molar-refractivity contribution in [3.63, 3.8) is 0 Å². The molecule has 0 aliphatic rings. The van der Waals surface area contributed by atoms with Crippen LogP contribution in [0, 0.1) is 0 Å². The molecule has 284 valence electrons. The highest BCUT2D eigenvalue weighted by molar-refractivity contribution is 6.31. The molecule has 2 amide bonds. The molecule has 4 atom stereocenters. The van der Waals surface area contributed by atoms with E-state index in [2.05, 4.69) is 32.0 Å². The van der Waals surface area contributed by atoms with Gasteiger partial charge < -0.3 is 34.7 Å². The van der Waals surface area contributed by atoms with Crippen LogP contribution in [-0.2, 0) is 39.1 Å². The molecule has 14 heteroatoms. The number of aromatic nitrogens is 2. The van der Waals surface area contributed by atoms with Crippen molar-refractivity contribution in [3.05, 3.63) is 99.9 Å². The number of methoxy groups -OCH3 is 1. The van der Waals surface area contributed by atoms with Crippen molar-refractivity contribution in [2.24, 2.45) is 7.05 Å². The van der Waals surface area contributed by atoms with Crippen molar-refractivity contribution >= 4 is 41.0 Å². The Hall–Kier alpha value is -4.46. The lowest BCUT2D eigenvalue weighted by Crippen LogP contribution is -2.55. The number of carboxylic acids is 1. The second-order valence-electron chi connectivity index (χ2n) is 13.2. The summed E-state index contributed by atoms with van der Waals surface area (Å²) in [7, 11) is 9.00. The summed E-state index contributed by atoms with van der Waals surface area (Å²) in [6, 6.07) is 17.7. The van der Waals surface area contributed by atoms with E-state index in [0.717, 1.165) is 28.2 Å². The quantitative estimate of drug-likeness (QED) is 0.112. The number of aliphatic carboxylic acids is 1. The minimum atomic E-state index is -1.05. The Bertz CT molecular complexity index is 1850. The smallest absolute Gasteiger partial charge is 0.305 e. The summed E-state index contributed by atoms with van der Waals surface area (Å²) in [5, 5.41) is 16.6. The van der Waals surface area contributed by atoms with Gasteiger partial charge >= 0.3 is 5.97 Å². The number of rotatable bonds is 18. The number of nitrogens with zero attached hydrogens (tertiary/aromatic N) is 4. The standard InChI is InChI=1S/C39H48Cl2N6O6/c1-24(38(50)44-33(23-52-7)39(51)46(5)31(20-36(48)49)18-26-8-13-29(40)14-9-26)42-21-28-10-15-30(41)19-35(28)53-32-16-11-27(12-17-32)34-22-43-37(47(34)6)25(2)45(3)4/h8-17,19,22,24-25,31,33,42H,18,20-21,23H2,1-7H3,(H,44,50)(H,48,49)/t24-,25+,31-,33-/m0/s1. The fraction of sp³-hybridized carbons (Fsp3) is 0.385. The molecule has 0 aliphatic heterocycles. The Balaban J connectivity index is 1.40. The molecule has 0 radical (unpaired) electrons. The third kappa shape index (κ3) is 11.3. The molecule has 1 aromatic heterocycles. The number of halogens is 2. The van der Waals surface area contributed by atoms with Crippen molar-refractivity contribution in [1.29, 1.82) is 0 Å². The molecule has 3 aromatic carbocycles. The molecule has 0 saturated heterocycles. The first-order valence-electron chi connectivity index (χ1n) is 17.2. The lowest BCUT2D eigenvalue weighted by atomic mass is 10.0. The van der Waals surface area contributed by atoms with Crippen molar-refractivity contribution < 1.29 is 29.0 Å². The highest BCUT2D eigenvalue weighted by Gasteiger charge is 2.31. The van der Waals surface area contributed by atoms with Crippen LogP contribution in [0.15, 0.2) is 72.9 Å². The first-order chi connectivity index (χ1) is 25.2. The highest BCUT2D eigenvalue weighted by atomic mass is 35.5. The monoisotopic (exact) mass is 766 g/mol. The third-order valence-electron chi connectivity index (χ3n) is 9.21. The summed E-state index contributed by atoms with van der Waals surface area (Å²) >= 11 is 12.4. The van der Waals surface area contributed by atoms with Crippen LogP contribution in [0.4, 0.5) is 0 Å². The lowest BCUT2D eigenvalue weighted by molar-refractivity contribution is -0.142. The molecule has 0 saturated carbocycles. The van der Waals surface area contributed by atoms with Gasteiger partial charge in [0.25, 0.3) is 0 Å². The van der Waals surface area contributed by atoms with E-state index < -0.39 is 35.9 Å². The third-order valence-corrected chi connectivity index (χ3v) is 9.70. The van der Waals surface area contributed by atoms with Gasteiger partial charge in [-0.3, -0.25) is 19.3 Å². The van der Waals surface area contributed by atoms with Crippen LogP contribution in [-0.4, -0.2) is 95.2 Å². The molecule has 0 fully saturated rings. The number of hydrogen-bond acceptors (Lipinski definition) is 8. The molecular weight excluding hydrogens is 719 g/mol. The first kappa shape index (κ1) is 41.3. The van der Waals surface area contributed by atoms with E-state index >= 15 is 0 Å². The molecule has 3 N–H and O–H groups in total. The van der Waals surface area contributed by atoms with Gasteiger partial charge in [-0.05, 0) is 88.5 Å². The zero-order valence-corrected chi connectivity index (χ0v) is 32.6. The number of nitrogens with one attached hydrogen (secondary N) is 2. The molecule has 53 heavy (non-hydrogen) atoms. The number of ether oxygens (including phenoxy) is 2. The van der Waals surface area contributed by atoms with Crippen LogP contribution in [0.1, 0.15) is 43.3 Å².